The van der Waals surface area contributed by atoms with Crippen LogP contribution in [0.25, 0.3) is 0 Å². The van der Waals surface area contributed by atoms with E-state index >= 15 is 0 Å². The number of hydrogen-bond acceptors (Lipinski definition) is 3. The van der Waals surface area contributed by atoms with E-state index in [4.69, 9.17) is 17.0 Å². The molecule has 1 fully saturated rings. The molecular weight excluding hydrogens is 391 g/mol. The number of anilines is 1. The molecule has 9 heteroatoms. The molecule has 2 rings (SSSR count). The van der Waals surface area contributed by atoms with Gasteiger partial charge in [-0.05, 0) is 70.5 Å². The van der Waals surface area contributed by atoms with Crippen molar-refractivity contribution in [2.75, 3.05) is 18.4 Å². The fraction of sp³-hybridized carbons (Fsp3) is 0.579. The number of alkyl halides is 3. The Labute approximate surface area is 168 Å². The van der Waals surface area contributed by atoms with Gasteiger partial charge in [-0.1, -0.05) is 6.07 Å². The lowest BCUT2D eigenvalue weighted by Crippen LogP contribution is -2.51. The Morgan fingerprint density at radius 3 is 2.64 bits per heavy atom. The van der Waals surface area contributed by atoms with Gasteiger partial charge in [0.2, 0.25) is 0 Å². The number of piperidine rings is 1. The summed E-state index contributed by atoms with van der Waals surface area (Å²) < 4.78 is 43.9. The first kappa shape index (κ1) is 22.3. The summed E-state index contributed by atoms with van der Waals surface area (Å²) >= 11 is 5.20. The normalized spacial score (nSPS) is 17.8. The number of carbonyl (C=O) groups is 1. The molecule has 0 spiro atoms. The molecule has 2 N–H and O–H groups in total. The van der Waals surface area contributed by atoms with Crippen molar-refractivity contribution in [1.29, 1.82) is 0 Å². The van der Waals surface area contributed by atoms with Gasteiger partial charge in [-0.2, -0.15) is 13.2 Å². The monoisotopic (exact) mass is 417 g/mol. The Morgan fingerprint density at radius 1 is 1.29 bits per heavy atom. The maximum Gasteiger partial charge on any atom is 0.416 e. The highest BCUT2D eigenvalue weighted by Gasteiger charge is 2.31. The molecule has 5 nitrogen and oxygen atoms in total. The molecule has 1 aliphatic rings. The molecule has 1 aromatic carbocycles. The Kier molecular flexibility index (Phi) is 7.14. The Balaban J connectivity index is 1.92. The zero-order valence-electron chi connectivity index (χ0n) is 16.2. The fourth-order valence-electron chi connectivity index (χ4n) is 2.93. The summed E-state index contributed by atoms with van der Waals surface area (Å²) in [6, 6.07) is 4.74. The van der Waals surface area contributed by atoms with Gasteiger partial charge in [0, 0.05) is 18.8 Å². The topological polar surface area (TPSA) is 53.6 Å². The van der Waals surface area contributed by atoms with Crippen molar-refractivity contribution < 1.29 is 22.7 Å². The molecule has 28 heavy (non-hydrogen) atoms. The van der Waals surface area contributed by atoms with E-state index in [0.717, 1.165) is 31.4 Å². The average molecular weight is 417 g/mol. The molecule has 1 heterocycles. The van der Waals surface area contributed by atoms with Gasteiger partial charge in [0.1, 0.15) is 5.60 Å². The maximum atomic E-state index is 12.8. The van der Waals surface area contributed by atoms with Crippen LogP contribution >= 0.6 is 12.2 Å². The first-order chi connectivity index (χ1) is 13.0. The van der Waals surface area contributed by atoms with Crippen LogP contribution in [0.15, 0.2) is 24.3 Å². The number of hydrogen-bond donors (Lipinski definition) is 2. The van der Waals surface area contributed by atoms with Crippen LogP contribution in [0.1, 0.15) is 45.6 Å². The van der Waals surface area contributed by atoms with Crippen molar-refractivity contribution >= 4 is 29.1 Å². The fourth-order valence-corrected chi connectivity index (χ4v) is 3.13. The molecular formula is C19H26F3N3O2S. The van der Waals surface area contributed by atoms with Gasteiger partial charge in [-0.25, -0.2) is 4.79 Å². The van der Waals surface area contributed by atoms with E-state index in [0.29, 0.717) is 13.1 Å². The summed E-state index contributed by atoms with van der Waals surface area (Å²) in [4.78, 5) is 14.1. The van der Waals surface area contributed by atoms with E-state index in [1.807, 2.05) is 20.8 Å². The quantitative estimate of drug-likeness (QED) is 0.693. The van der Waals surface area contributed by atoms with Crippen molar-refractivity contribution in [3.05, 3.63) is 29.8 Å². The largest absolute Gasteiger partial charge is 0.444 e. The summed E-state index contributed by atoms with van der Waals surface area (Å²) in [5, 5.41) is 5.96. The molecule has 0 aromatic heterocycles. The van der Waals surface area contributed by atoms with Gasteiger partial charge in [0.05, 0.1) is 11.6 Å². The van der Waals surface area contributed by atoms with E-state index in [1.54, 1.807) is 4.90 Å². The summed E-state index contributed by atoms with van der Waals surface area (Å²) in [7, 11) is 0. The zero-order valence-corrected chi connectivity index (χ0v) is 17.0. The molecule has 1 aliphatic heterocycles. The second-order valence-electron chi connectivity index (χ2n) is 7.74. The minimum atomic E-state index is -4.41. The van der Waals surface area contributed by atoms with Crippen LogP contribution < -0.4 is 10.6 Å². The molecule has 1 unspecified atom stereocenters. The van der Waals surface area contributed by atoms with Gasteiger partial charge in [-0.3, -0.25) is 0 Å². The van der Waals surface area contributed by atoms with Gasteiger partial charge in [0.25, 0.3) is 0 Å². The van der Waals surface area contributed by atoms with Crippen LogP contribution in [0, 0.1) is 0 Å². The molecule has 156 valence electrons. The lowest BCUT2D eigenvalue weighted by molar-refractivity contribution is -0.137. The number of nitrogens with one attached hydrogen (secondary N) is 2. The molecule has 1 amide bonds. The van der Waals surface area contributed by atoms with Crippen LogP contribution in [-0.4, -0.2) is 40.8 Å². The van der Waals surface area contributed by atoms with E-state index in [1.165, 1.54) is 12.1 Å². The third-order valence-corrected chi connectivity index (χ3v) is 4.45. The van der Waals surface area contributed by atoms with Gasteiger partial charge in [-0.15, -0.1) is 0 Å². The Hall–Kier alpha value is -2.03. The van der Waals surface area contributed by atoms with Crippen molar-refractivity contribution in [2.45, 2.75) is 57.9 Å². The van der Waals surface area contributed by atoms with Gasteiger partial charge >= 0.3 is 12.3 Å². The third kappa shape index (κ3) is 6.85. The molecule has 0 aliphatic carbocycles. The number of likely N-dealkylation sites (tertiary alicyclic amines) is 1. The molecule has 1 saturated heterocycles. The predicted molar refractivity (Wildman–Crippen MR) is 106 cm³/mol. The third-order valence-electron chi connectivity index (χ3n) is 4.20. The van der Waals surface area contributed by atoms with Crippen LogP contribution in [0.3, 0.4) is 0 Å². The molecule has 0 radical (unpaired) electrons. The minimum Gasteiger partial charge on any atom is -0.444 e. The number of rotatable bonds is 3. The predicted octanol–water partition coefficient (Wildman–Crippen LogP) is 4.78. The second kappa shape index (κ2) is 8.98. The number of benzene rings is 1. The summed E-state index contributed by atoms with van der Waals surface area (Å²) in [6.07, 6.45) is -2.08. The van der Waals surface area contributed by atoms with Crippen LogP contribution in [0.4, 0.5) is 23.7 Å². The molecule has 1 aromatic rings. The molecule has 0 bridgehead atoms. The first-order valence-electron chi connectivity index (χ1n) is 9.17. The van der Waals surface area contributed by atoms with Crippen molar-refractivity contribution in [2.24, 2.45) is 0 Å². The molecule has 0 saturated carbocycles. The lowest BCUT2D eigenvalue weighted by Gasteiger charge is -2.37. The SMILES string of the molecule is CC(C)(C)OC(=O)N1CCCCC1CNC(=S)Nc1cccc(C(F)(F)F)c1. The van der Waals surface area contributed by atoms with Crippen LogP contribution in [0.2, 0.25) is 0 Å². The number of halogens is 3. The van der Waals surface area contributed by atoms with E-state index < -0.39 is 17.3 Å². The highest BCUT2D eigenvalue weighted by Crippen LogP contribution is 2.30. The zero-order chi connectivity index (χ0) is 20.9. The standard InChI is InChI=1S/C19H26F3N3O2S/c1-18(2,3)27-17(26)25-10-5-4-9-15(25)12-23-16(28)24-14-8-6-7-13(11-14)19(20,21)22/h6-8,11,15H,4-5,9-10,12H2,1-3H3,(H2,23,24,28). The Bertz CT molecular complexity index is 704. The van der Waals surface area contributed by atoms with Crippen LogP contribution in [-0.2, 0) is 10.9 Å². The van der Waals surface area contributed by atoms with E-state index in [2.05, 4.69) is 10.6 Å². The summed E-state index contributed by atoms with van der Waals surface area (Å²) in [5.41, 5.74) is -1.07. The second-order valence-corrected chi connectivity index (χ2v) is 8.15. The van der Waals surface area contributed by atoms with Gasteiger partial charge < -0.3 is 20.3 Å². The lowest BCUT2D eigenvalue weighted by atomic mass is 10.0. The van der Waals surface area contributed by atoms with Gasteiger partial charge in [0.15, 0.2) is 5.11 Å². The Morgan fingerprint density at radius 2 is 2.00 bits per heavy atom. The smallest absolute Gasteiger partial charge is 0.416 e. The van der Waals surface area contributed by atoms with Crippen LogP contribution in [0.5, 0.6) is 0 Å². The van der Waals surface area contributed by atoms with E-state index in [-0.39, 0.29) is 22.9 Å². The maximum absolute atomic E-state index is 12.8. The highest BCUT2D eigenvalue weighted by atomic mass is 32.1. The number of nitrogens with zero attached hydrogens (tertiary/aromatic N) is 1. The first-order valence-corrected chi connectivity index (χ1v) is 9.58. The van der Waals surface area contributed by atoms with Crippen molar-refractivity contribution in [3.8, 4) is 0 Å². The average Bonchev–Trinajstić information content (AvgIpc) is 2.58. The van der Waals surface area contributed by atoms with E-state index in [9.17, 15) is 18.0 Å². The summed E-state index contributed by atoms with van der Waals surface area (Å²) in [6.45, 7) is 6.45. The van der Waals surface area contributed by atoms with Crippen molar-refractivity contribution in [3.63, 3.8) is 0 Å². The number of amides is 1. The summed E-state index contributed by atoms with van der Waals surface area (Å²) in [5.74, 6) is 0. The highest BCUT2D eigenvalue weighted by molar-refractivity contribution is 7.80. The number of ether oxygens (including phenoxy) is 1. The van der Waals surface area contributed by atoms with Crippen molar-refractivity contribution in [1.82, 2.24) is 10.2 Å². The number of carbonyl (C=O) groups excluding carboxylic acids is 1. The number of thiocarbonyl (C=S) groups is 1. The molecule has 1 atom stereocenters. The minimum absolute atomic E-state index is 0.0927.